The second-order valence-electron chi connectivity index (χ2n) is 4.52. The van der Waals surface area contributed by atoms with E-state index in [9.17, 15) is 4.79 Å². The average Bonchev–Trinajstić information content (AvgIpc) is 2.65. The van der Waals surface area contributed by atoms with E-state index in [1.165, 1.54) is 0 Å². The van der Waals surface area contributed by atoms with Crippen molar-refractivity contribution >= 4 is 17.7 Å². The van der Waals surface area contributed by atoms with Crippen LogP contribution in [0, 0.1) is 5.41 Å². The van der Waals surface area contributed by atoms with Crippen molar-refractivity contribution in [1.82, 2.24) is 10.6 Å². The number of amides is 1. The first-order valence-corrected chi connectivity index (χ1v) is 7.02. The topological polar surface area (TPSA) is 41.1 Å². The summed E-state index contributed by atoms with van der Waals surface area (Å²) < 4.78 is 0. The lowest BCUT2D eigenvalue weighted by molar-refractivity contribution is -0.129. The highest BCUT2D eigenvalue weighted by Crippen LogP contribution is 2.24. The van der Waals surface area contributed by atoms with Crippen LogP contribution in [0.4, 0.5) is 0 Å². The first-order chi connectivity index (χ1) is 7.12. The smallest absolute Gasteiger partial charge is 0.227 e. The van der Waals surface area contributed by atoms with Gasteiger partial charge in [-0.25, -0.2) is 0 Å². The molecule has 1 rings (SSSR count). The van der Waals surface area contributed by atoms with Gasteiger partial charge in [0.2, 0.25) is 5.91 Å². The molecule has 2 atom stereocenters. The molecule has 1 saturated heterocycles. The van der Waals surface area contributed by atoms with Crippen molar-refractivity contribution in [2.75, 3.05) is 25.1 Å². The van der Waals surface area contributed by atoms with Gasteiger partial charge in [-0.1, -0.05) is 6.92 Å². The maximum atomic E-state index is 12.1. The third-order valence-electron chi connectivity index (χ3n) is 3.11. The van der Waals surface area contributed by atoms with Gasteiger partial charge in [-0.05, 0) is 32.6 Å². The number of thioether (sulfide) groups is 1. The maximum Gasteiger partial charge on any atom is 0.227 e. The molecule has 0 saturated carbocycles. The van der Waals surface area contributed by atoms with Crippen LogP contribution in [-0.2, 0) is 4.79 Å². The lowest BCUT2D eigenvalue weighted by Gasteiger charge is -2.25. The van der Waals surface area contributed by atoms with Crippen molar-refractivity contribution in [3.8, 4) is 0 Å². The minimum atomic E-state index is -0.189. The zero-order valence-electron chi connectivity index (χ0n) is 9.93. The van der Waals surface area contributed by atoms with Crippen LogP contribution in [0.5, 0.6) is 0 Å². The van der Waals surface area contributed by atoms with E-state index in [1.807, 2.05) is 6.92 Å². The second kappa shape index (κ2) is 5.75. The predicted molar refractivity (Wildman–Crippen MR) is 66.2 cm³/mol. The van der Waals surface area contributed by atoms with Gasteiger partial charge in [0, 0.05) is 18.3 Å². The standard InChI is InChI=1S/C11H22N2OS/c1-4-9(7-15-3)13-10(14)11(2)5-6-12-8-11/h9,12H,4-8H2,1-3H3,(H,13,14). The van der Waals surface area contributed by atoms with Crippen molar-refractivity contribution in [3.63, 3.8) is 0 Å². The van der Waals surface area contributed by atoms with Crippen LogP contribution in [-0.4, -0.2) is 37.0 Å². The van der Waals surface area contributed by atoms with Gasteiger partial charge in [-0.15, -0.1) is 0 Å². The normalized spacial score (nSPS) is 27.7. The molecule has 0 spiro atoms. The van der Waals surface area contributed by atoms with Gasteiger partial charge >= 0.3 is 0 Å². The zero-order valence-corrected chi connectivity index (χ0v) is 10.7. The second-order valence-corrected chi connectivity index (χ2v) is 5.43. The Morgan fingerprint density at radius 3 is 2.87 bits per heavy atom. The van der Waals surface area contributed by atoms with Crippen molar-refractivity contribution < 1.29 is 4.79 Å². The monoisotopic (exact) mass is 230 g/mol. The molecule has 1 aliphatic heterocycles. The van der Waals surface area contributed by atoms with Crippen molar-refractivity contribution in [1.29, 1.82) is 0 Å². The summed E-state index contributed by atoms with van der Waals surface area (Å²) in [4.78, 5) is 12.1. The summed E-state index contributed by atoms with van der Waals surface area (Å²) in [6, 6.07) is 0.324. The van der Waals surface area contributed by atoms with Gasteiger partial charge in [-0.3, -0.25) is 4.79 Å². The van der Waals surface area contributed by atoms with Crippen LogP contribution in [0.1, 0.15) is 26.7 Å². The van der Waals surface area contributed by atoms with Crippen molar-refractivity contribution in [2.24, 2.45) is 5.41 Å². The Hall–Kier alpha value is -0.220. The van der Waals surface area contributed by atoms with Crippen LogP contribution in [0.2, 0.25) is 0 Å². The molecule has 0 aromatic rings. The van der Waals surface area contributed by atoms with Gasteiger partial charge in [0.25, 0.3) is 0 Å². The molecule has 0 bridgehead atoms. The molecule has 2 unspecified atom stereocenters. The maximum absolute atomic E-state index is 12.1. The van der Waals surface area contributed by atoms with Crippen LogP contribution in [0.3, 0.4) is 0 Å². The molecule has 88 valence electrons. The van der Waals surface area contributed by atoms with E-state index in [0.29, 0.717) is 6.04 Å². The van der Waals surface area contributed by atoms with Gasteiger partial charge in [0.15, 0.2) is 0 Å². The molecule has 2 N–H and O–H groups in total. The number of carbonyl (C=O) groups excluding carboxylic acids is 1. The van der Waals surface area contributed by atoms with Gasteiger partial charge in [0.05, 0.1) is 5.41 Å². The SMILES string of the molecule is CCC(CSC)NC(=O)C1(C)CCNC1. The van der Waals surface area contributed by atoms with E-state index < -0.39 is 0 Å². The molecule has 0 aromatic heterocycles. The number of carbonyl (C=O) groups is 1. The molecule has 0 radical (unpaired) electrons. The third-order valence-corrected chi connectivity index (χ3v) is 3.85. The average molecular weight is 230 g/mol. The Bertz CT molecular complexity index is 215. The van der Waals surface area contributed by atoms with Crippen LogP contribution >= 0.6 is 11.8 Å². The number of nitrogens with one attached hydrogen (secondary N) is 2. The Labute approximate surface area is 96.8 Å². The van der Waals surface area contributed by atoms with E-state index in [-0.39, 0.29) is 11.3 Å². The molecule has 1 amide bonds. The lowest BCUT2D eigenvalue weighted by Crippen LogP contribution is -2.46. The minimum absolute atomic E-state index is 0.189. The van der Waals surface area contributed by atoms with Crippen LogP contribution < -0.4 is 10.6 Å². The number of hydrogen-bond donors (Lipinski definition) is 2. The zero-order chi connectivity index (χ0) is 11.3. The molecule has 4 heteroatoms. The van der Waals surface area contributed by atoms with Gasteiger partial charge in [0.1, 0.15) is 0 Å². The highest BCUT2D eigenvalue weighted by Gasteiger charge is 2.36. The molecule has 0 aliphatic carbocycles. The summed E-state index contributed by atoms with van der Waals surface area (Å²) in [6.45, 7) is 5.95. The van der Waals surface area contributed by atoms with E-state index in [0.717, 1.165) is 31.7 Å². The van der Waals surface area contributed by atoms with Crippen LogP contribution in [0.25, 0.3) is 0 Å². The van der Waals surface area contributed by atoms with Gasteiger partial charge in [-0.2, -0.15) is 11.8 Å². The summed E-state index contributed by atoms with van der Waals surface area (Å²) in [7, 11) is 0. The highest BCUT2D eigenvalue weighted by atomic mass is 32.2. The fraction of sp³-hybridized carbons (Fsp3) is 0.909. The van der Waals surface area contributed by atoms with Crippen molar-refractivity contribution in [3.05, 3.63) is 0 Å². The molecular weight excluding hydrogens is 208 g/mol. The summed E-state index contributed by atoms with van der Waals surface area (Å²) >= 11 is 1.79. The van der Waals surface area contributed by atoms with Crippen molar-refractivity contribution in [2.45, 2.75) is 32.7 Å². The third kappa shape index (κ3) is 3.38. The Morgan fingerprint density at radius 2 is 2.40 bits per heavy atom. The number of hydrogen-bond acceptors (Lipinski definition) is 3. The molecule has 1 aliphatic rings. The Morgan fingerprint density at radius 1 is 1.67 bits per heavy atom. The largest absolute Gasteiger partial charge is 0.352 e. The molecule has 0 aromatic carbocycles. The highest BCUT2D eigenvalue weighted by molar-refractivity contribution is 7.98. The van der Waals surface area contributed by atoms with Crippen LogP contribution in [0.15, 0.2) is 0 Å². The lowest BCUT2D eigenvalue weighted by atomic mass is 9.88. The summed E-state index contributed by atoms with van der Waals surface area (Å²) in [5.41, 5.74) is -0.189. The summed E-state index contributed by atoms with van der Waals surface area (Å²) in [5.74, 6) is 1.22. The Kier molecular flexibility index (Phi) is 4.93. The fourth-order valence-electron chi connectivity index (χ4n) is 1.83. The summed E-state index contributed by atoms with van der Waals surface area (Å²) in [5, 5.41) is 6.40. The van der Waals surface area contributed by atoms with E-state index in [2.05, 4.69) is 23.8 Å². The van der Waals surface area contributed by atoms with Gasteiger partial charge < -0.3 is 10.6 Å². The number of rotatable bonds is 5. The Balaban J connectivity index is 2.45. The first-order valence-electron chi connectivity index (χ1n) is 5.63. The quantitative estimate of drug-likeness (QED) is 0.747. The first kappa shape index (κ1) is 12.8. The summed E-state index contributed by atoms with van der Waals surface area (Å²) in [6.07, 6.45) is 4.04. The molecular formula is C11H22N2OS. The molecule has 15 heavy (non-hydrogen) atoms. The predicted octanol–water partition coefficient (Wildman–Crippen LogP) is 1.24. The minimum Gasteiger partial charge on any atom is -0.352 e. The molecule has 1 fully saturated rings. The van der Waals surface area contributed by atoms with E-state index >= 15 is 0 Å². The van der Waals surface area contributed by atoms with E-state index in [1.54, 1.807) is 11.8 Å². The molecule has 1 heterocycles. The molecule has 3 nitrogen and oxygen atoms in total. The fourth-order valence-corrected chi connectivity index (χ4v) is 2.55. The van der Waals surface area contributed by atoms with E-state index in [4.69, 9.17) is 0 Å².